The monoisotopic (exact) mass is 398 g/mol. The van der Waals surface area contributed by atoms with Crippen LogP contribution < -0.4 is 74.7 Å². The molecule has 1 aromatic rings. The molecule has 0 bridgehead atoms. The molecule has 114 valence electrons. The predicted molar refractivity (Wildman–Crippen MR) is 68.5 cm³/mol. The molecule has 1 N–H and O–H groups in total. The number of halogens is 2. The van der Waals surface area contributed by atoms with Gasteiger partial charge in [-0.2, -0.15) is 0 Å². The first-order valence-electron chi connectivity index (χ1n) is 5.36. The Balaban J connectivity index is 0.00000242. The second kappa shape index (κ2) is 8.81. The molecule has 1 aromatic carbocycles. The van der Waals surface area contributed by atoms with Crippen molar-refractivity contribution >= 4 is 50.9 Å². The van der Waals surface area contributed by atoms with Crippen LogP contribution in [0.15, 0.2) is 17.0 Å². The molecule has 1 atom stereocenters. The molecular formula is C10H6Cl2N2Na2O6S. The Hall–Kier alpha value is 0.610. The molecule has 0 saturated carbocycles. The molecule has 1 unspecified atom stereocenters. The summed E-state index contributed by atoms with van der Waals surface area (Å²) in [5.41, 5.74) is 2.27. The van der Waals surface area contributed by atoms with Gasteiger partial charge in [0.05, 0.1) is 39.1 Å². The van der Waals surface area contributed by atoms with E-state index in [0.717, 1.165) is 17.1 Å². The van der Waals surface area contributed by atoms with Crippen LogP contribution in [0, 0.1) is 0 Å². The number of carbonyl (C=O) groups is 2. The van der Waals surface area contributed by atoms with Crippen LogP contribution in [0.5, 0.6) is 0 Å². The van der Waals surface area contributed by atoms with E-state index >= 15 is 0 Å². The van der Waals surface area contributed by atoms with Gasteiger partial charge >= 0.3 is 59.1 Å². The molecule has 1 aliphatic rings. The van der Waals surface area contributed by atoms with E-state index in [9.17, 15) is 27.7 Å². The number of hydrogen-bond donors (Lipinski definition) is 1. The van der Waals surface area contributed by atoms with Gasteiger partial charge in [-0.05, 0) is 12.1 Å². The van der Waals surface area contributed by atoms with Crippen molar-refractivity contribution < 1.29 is 86.8 Å². The molecule has 0 spiro atoms. The van der Waals surface area contributed by atoms with Gasteiger partial charge in [0, 0.05) is 0 Å². The number of hydrazine groups is 1. The maximum Gasteiger partial charge on any atom is 1.00 e. The van der Waals surface area contributed by atoms with Crippen LogP contribution in [0.1, 0.15) is 6.42 Å². The van der Waals surface area contributed by atoms with E-state index in [4.69, 9.17) is 23.2 Å². The summed E-state index contributed by atoms with van der Waals surface area (Å²) in [6, 6.07) is 0.537. The Morgan fingerprint density at radius 3 is 2.26 bits per heavy atom. The van der Waals surface area contributed by atoms with Crippen molar-refractivity contribution in [3.8, 4) is 0 Å². The number of nitrogens with zero attached hydrogens (tertiary/aromatic N) is 1. The third-order valence-corrected chi connectivity index (χ3v) is 4.31. The summed E-state index contributed by atoms with van der Waals surface area (Å²) in [7, 11) is -4.83. The van der Waals surface area contributed by atoms with Gasteiger partial charge in [-0.1, -0.05) is 23.2 Å². The molecule has 1 heterocycles. The fourth-order valence-corrected chi connectivity index (χ4v) is 3.07. The van der Waals surface area contributed by atoms with E-state index < -0.39 is 38.0 Å². The minimum Gasteiger partial charge on any atom is -0.744 e. The SMILES string of the molecule is O=C([O-])C1CC(=O)N(c2cc(Cl)c(S(=O)(=O)[O-])cc2Cl)N1.[Na+].[Na+]. The molecular weight excluding hydrogens is 393 g/mol. The quantitative estimate of drug-likeness (QED) is 0.395. The maximum atomic E-state index is 11.7. The first-order chi connectivity index (χ1) is 9.61. The number of nitrogens with one attached hydrogen (secondary N) is 1. The largest absolute Gasteiger partial charge is 1.00 e. The number of rotatable bonds is 3. The Morgan fingerprint density at radius 2 is 1.83 bits per heavy atom. The summed E-state index contributed by atoms with van der Waals surface area (Å²) in [4.78, 5) is 21.7. The van der Waals surface area contributed by atoms with E-state index in [0.29, 0.717) is 0 Å². The van der Waals surface area contributed by atoms with Crippen molar-refractivity contribution in [3.63, 3.8) is 0 Å². The smallest absolute Gasteiger partial charge is 0.744 e. The standard InChI is InChI=1S/C10H8Cl2N2O6S.2Na/c11-4-2-8(21(18,19)20)5(12)1-7(4)14-9(15)3-6(13-14)10(16)17;;/h1-2,6,13H,3H2,(H,16,17)(H,18,19,20);;/q;2*+1/p-2. The van der Waals surface area contributed by atoms with E-state index in [-0.39, 0.29) is 76.2 Å². The number of carboxylic acids is 1. The average molecular weight is 399 g/mol. The Bertz CT molecular complexity index is 745. The van der Waals surface area contributed by atoms with Crippen molar-refractivity contribution in [2.45, 2.75) is 17.4 Å². The van der Waals surface area contributed by atoms with Gasteiger partial charge in [-0.3, -0.25) is 4.79 Å². The summed E-state index contributed by atoms with van der Waals surface area (Å²) in [6.07, 6.45) is -0.363. The molecule has 1 fully saturated rings. The van der Waals surface area contributed by atoms with E-state index in [1.54, 1.807) is 0 Å². The van der Waals surface area contributed by atoms with Crippen LogP contribution in [0.3, 0.4) is 0 Å². The van der Waals surface area contributed by atoms with Crippen LogP contribution in [0.4, 0.5) is 5.69 Å². The Morgan fingerprint density at radius 1 is 1.26 bits per heavy atom. The molecule has 2 rings (SSSR count). The van der Waals surface area contributed by atoms with Crippen molar-refractivity contribution in [2.75, 3.05) is 5.01 Å². The van der Waals surface area contributed by atoms with Gasteiger partial charge in [0.2, 0.25) is 5.91 Å². The number of hydrogen-bond acceptors (Lipinski definition) is 7. The summed E-state index contributed by atoms with van der Waals surface area (Å²) in [5, 5.41) is 10.9. The zero-order valence-electron chi connectivity index (χ0n) is 12.0. The zero-order chi connectivity index (χ0) is 15.9. The fourth-order valence-electron chi connectivity index (χ4n) is 1.76. The summed E-state index contributed by atoms with van der Waals surface area (Å²) >= 11 is 11.5. The van der Waals surface area contributed by atoms with Gasteiger partial charge in [-0.15, -0.1) is 0 Å². The van der Waals surface area contributed by atoms with Crippen LogP contribution in [-0.2, 0) is 19.7 Å². The maximum absolute atomic E-state index is 11.7. The summed E-state index contributed by atoms with van der Waals surface area (Å²) < 4.78 is 32.9. The molecule has 0 aromatic heterocycles. The van der Waals surface area contributed by atoms with E-state index in [1.165, 1.54) is 0 Å². The number of amides is 1. The Kier molecular flexibility index (Phi) is 9.05. The van der Waals surface area contributed by atoms with Crippen molar-refractivity contribution in [2.24, 2.45) is 0 Å². The van der Waals surface area contributed by atoms with Gasteiger partial charge in [0.25, 0.3) is 0 Å². The fraction of sp³-hybridized carbons (Fsp3) is 0.200. The first kappa shape index (κ1) is 23.6. The third kappa shape index (κ3) is 5.29. The number of carbonyl (C=O) groups excluding carboxylic acids is 2. The molecule has 1 aliphatic heterocycles. The van der Waals surface area contributed by atoms with Crippen LogP contribution in [-0.4, -0.2) is 30.9 Å². The molecule has 0 radical (unpaired) electrons. The minimum atomic E-state index is -4.83. The number of anilines is 1. The topological polar surface area (TPSA) is 130 Å². The molecule has 1 amide bonds. The summed E-state index contributed by atoms with van der Waals surface area (Å²) in [6.45, 7) is 0. The third-order valence-electron chi connectivity index (χ3n) is 2.71. The van der Waals surface area contributed by atoms with Crippen LogP contribution >= 0.6 is 23.2 Å². The van der Waals surface area contributed by atoms with Gasteiger partial charge in [0.1, 0.15) is 10.1 Å². The number of aliphatic carboxylic acids is 1. The predicted octanol–water partition coefficient (Wildman–Crippen LogP) is -6.73. The molecule has 0 aliphatic carbocycles. The van der Waals surface area contributed by atoms with E-state index in [1.807, 2.05) is 0 Å². The average Bonchev–Trinajstić information content (AvgIpc) is 2.72. The second-order valence-electron chi connectivity index (χ2n) is 4.12. The molecule has 1 saturated heterocycles. The first-order valence-corrected chi connectivity index (χ1v) is 7.52. The zero-order valence-corrected chi connectivity index (χ0v) is 18.3. The van der Waals surface area contributed by atoms with E-state index in [2.05, 4.69) is 5.43 Å². The normalized spacial score (nSPS) is 17.4. The van der Waals surface area contributed by atoms with Gasteiger partial charge in [-0.25, -0.2) is 18.9 Å². The van der Waals surface area contributed by atoms with Crippen molar-refractivity contribution in [3.05, 3.63) is 22.2 Å². The molecule has 13 heteroatoms. The van der Waals surface area contributed by atoms with Gasteiger partial charge < -0.3 is 14.5 Å². The van der Waals surface area contributed by atoms with Crippen LogP contribution in [0.25, 0.3) is 0 Å². The van der Waals surface area contributed by atoms with Crippen LogP contribution in [0.2, 0.25) is 10.0 Å². The molecule has 23 heavy (non-hydrogen) atoms. The van der Waals surface area contributed by atoms with Crippen molar-refractivity contribution in [1.29, 1.82) is 0 Å². The number of benzene rings is 1. The van der Waals surface area contributed by atoms with Gasteiger partial charge in [0.15, 0.2) is 0 Å². The summed E-state index contributed by atoms with van der Waals surface area (Å²) in [5.74, 6) is -2.10. The Labute approximate surface area is 185 Å². The number of carboxylic acid groups (broad SMARTS) is 1. The molecule has 8 nitrogen and oxygen atoms in total. The minimum absolute atomic E-state index is 0. The van der Waals surface area contributed by atoms with Crippen molar-refractivity contribution in [1.82, 2.24) is 5.43 Å². The second-order valence-corrected chi connectivity index (χ2v) is 6.28.